The summed E-state index contributed by atoms with van der Waals surface area (Å²) >= 11 is 0. The van der Waals surface area contributed by atoms with Gasteiger partial charge in [-0.3, -0.25) is 20.4 Å². The van der Waals surface area contributed by atoms with Crippen molar-refractivity contribution >= 4 is 11.8 Å². The van der Waals surface area contributed by atoms with Crippen molar-refractivity contribution in [1.82, 2.24) is 10.9 Å². The second-order valence-corrected chi connectivity index (χ2v) is 6.38. The molecule has 2 amide bonds. The van der Waals surface area contributed by atoms with Crippen molar-refractivity contribution in [3.8, 4) is 17.1 Å². The largest absolute Gasteiger partial charge is 0.481 e. The van der Waals surface area contributed by atoms with Crippen LogP contribution < -0.4 is 15.6 Å². The van der Waals surface area contributed by atoms with Gasteiger partial charge in [0.05, 0.1) is 0 Å². The fraction of sp³-hybridized carbons (Fsp3) is 0.182. The number of ether oxygens (including phenoxy) is 1. The lowest BCUT2D eigenvalue weighted by Gasteiger charge is -2.15. The Morgan fingerprint density at radius 3 is 2.45 bits per heavy atom. The van der Waals surface area contributed by atoms with Crippen molar-refractivity contribution < 1.29 is 23.1 Å². The van der Waals surface area contributed by atoms with Crippen molar-refractivity contribution in [2.24, 2.45) is 0 Å². The second kappa shape index (κ2) is 9.54. The Labute approximate surface area is 167 Å². The average Bonchev–Trinajstić information content (AvgIpc) is 3.22. The third kappa shape index (κ3) is 5.93. The quantitative estimate of drug-likeness (QED) is 0.598. The molecule has 150 valence electrons. The number of rotatable bonds is 7. The predicted molar refractivity (Wildman–Crippen MR) is 105 cm³/mol. The minimum atomic E-state index is -0.862. The van der Waals surface area contributed by atoms with E-state index in [4.69, 9.17) is 9.15 Å². The van der Waals surface area contributed by atoms with Gasteiger partial charge < -0.3 is 9.15 Å². The van der Waals surface area contributed by atoms with Crippen LogP contribution in [-0.2, 0) is 16.0 Å². The molecule has 0 saturated carbocycles. The third-order valence-corrected chi connectivity index (χ3v) is 4.14. The molecule has 0 aliphatic carbocycles. The molecule has 0 bridgehead atoms. The van der Waals surface area contributed by atoms with E-state index >= 15 is 0 Å². The zero-order valence-electron chi connectivity index (χ0n) is 15.9. The SMILES string of the molecule is C[C@@H](Oc1ccc(F)cc1)C(=O)NNC(=O)CCc1ccc(-c2ccccc2)o1. The summed E-state index contributed by atoms with van der Waals surface area (Å²) in [5.74, 6) is 0.498. The van der Waals surface area contributed by atoms with E-state index in [9.17, 15) is 14.0 Å². The summed E-state index contributed by atoms with van der Waals surface area (Å²) in [6.45, 7) is 1.53. The minimum Gasteiger partial charge on any atom is -0.481 e. The highest BCUT2D eigenvalue weighted by Crippen LogP contribution is 2.22. The lowest BCUT2D eigenvalue weighted by molar-refractivity contribution is -0.132. The number of nitrogens with one attached hydrogen (secondary N) is 2. The Hall–Kier alpha value is -3.61. The van der Waals surface area contributed by atoms with Crippen LogP contribution in [0.4, 0.5) is 4.39 Å². The summed E-state index contributed by atoms with van der Waals surface area (Å²) in [5.41, 5.74) is 5.62. The first-order valence-electron chi connectivity index (χ1n) is 9.16. The molecule has 1 aromatic heterocycles. The monoisotopic (exact) mass is 396 g/mol. The summed E-state index contributed by atoms with van der Waals surface area (Å²) in [4.78, 5) is 24.0. The number of aryl methyl sites for hydroxylation is 1. The van der Waals surface area contributed by atoms with E-state index in [2.05, 4.69) is 10.9 Å². The van der Waals surface area contributed by atoms with E-state index in [1.807, 2.05) is 42.5 Å². The fourth-order valence-corrected chi connectivity index (χ4v) is 2.57. The van der Waals surface area contributed by atoms with Gasteiger partial charge in [-0.25, -0.2) is 4.39 Å². The van der Waals surface area contributed by atoms with Gasteiger partial charge in [-0.1, -0.05) is 30.3 Å². The van der Waals surface area contributed by atoms with Crippen molar-refractivity contribution in [2.75, 3.05) is 0 Å². The second-order valence-electron chi connectivity index (χ2n) is 6.38. The lowest BCUT2D eigenvalue weighted by atomic mass is 10.2. The molecule has 7 heteroatoms. The van der Waals surface area contributed by atoms with Gasteiger partial charge in [0.25, 0.3) is 5.91 Å². The van der Waals surface area contributed by atoms with Crippen LogP contribution >= 0.6 is 0 Å². The van der Waals surface area contributed by atoms with E-state index in [1.165, 1.54) is 31.2 Å². The van der Waals surface area contributed by atoms with E-state index in [0.29, 0.717) is 17.9 Å². The molecule has 0 unspecified atom stereocenters. The van der Waals surface area contributed by atoms with Gasteiger partial charge in [-0.05, 0) is 43.3 Å². The summed E-state index contributed by atoms with van der Waals surface area (Å²) in [6.07, 6.45) is -0.315. The van der Waals surface area contributed by atoms with Crippen molar-refractivity contribution in [3.05, 3.63) is 78.3 Å². The maximum absolute atomic E-state index is 12.9. The summed E-state index contributed by atoms with van der Waals surface area (Å²) < 4.78 is 24.0. The van der Waals surface area contributed by atoms with Crippen LogP contribution in [-0.4, -0.2) is 17.9 Å². The number of benzene rings is 2. The first-order chi connectivity index (χ1) is 14.0. The standard InChI is InChI=1S/C22H21FN2O4/c1-15(28-18-9-7-17(23)8-10-18)22(27)25-24-21(26)14-12-19-11-13-20(29-19)16-5-3-2-4-6-16/h2-11,13,15H,12,14H2,1H3,(H,24,26)(H,25,27)/t15-/m1/s1. The first-order valence-corrected chi connectivity index (χ1v) is 9.16. The Balaban J connectivity index is 1.41. The van der Waals surface area contributed by atoms with Gasteiger partial charge in [0.1, 0.15) is 23.1 Å². The number of hydrazine groups is 1. The van der Waals surface area contributed by atoms with E-state index in [1.54, 1.807) is 0 Å². The molecule has 0 aliphatic rings. The molecule has 3 aromatic rings. The topological polar surface area (TPSA) is 80.6 Å². The summed E-state index contributed by atoms with van der Waals surface area (Å²) in [6, 6.07) is 18.7. The molecule has 2 aromatic carbocycles. The molecule has 1 atom stereocenters. The number of hydrogen-bond donors (Lipinski definition) is 2. The van der Waals surface area contributed by atoms with Gasteiger partial charge in [0, 0.05) is 18.4 Å². The molecule has 0 saturated heterocycles. The molecule has 2 N–H and O–H groups in total. The maximum atomic E-state index is 12.9. The van der Waals surface area contributed by atoms with Crippen LogP contribution in [0.15, 0.2) is 71.1 Å². The maximum Gasteiger partial charge on any atom is 0.279 e. The molecule has 0 spiro atoms. The van der Waals surface area contributed by atoms with Gasteiger partial charge in [-0.2, -0.15) is 0 Å². The molecule has 6 nitrogen and oxygen atoms in total. The molecule has 1 heterocycles. The van der Waals surface area contributed by atoms with Crippen LogP contribution in [0.1, 0.15) is 19.1 Å². The number of furan rings is 1. The normalized spacial score (nSPS) is 11.5. The zero-order valence-corrected chi connectivity index (χ0v) is 15.9. The zero-order chi connectivity index (χ0) is 20.6. The van der Waals surface area contributed by atoms with Gasteiger partial charge >= 0.3 is 0 Å². The van der Waals surface area contributed by atoms with Crippen LogP contribution in [0.5, 0.6) is 5.75 Å². The minimum absolute atomic E-state index is 0.148. The summed E-state index contributed by atoms with van der Waals surface area (Å²) in [5, 5.41) is 0. The van der Waals surface area contributed by atoms with Crippen LogP contribution in [0.3, 0.4) is 0 Å². The van der Waals surface area contributed by atoms with E-state index < -0.39 is 17.8 Å². The highest BCUT2D eigenvalue weighted by Gasteiger charge is 2.15. The number of hydrogen-bond acceptors (Lipinski definition) is 4. The van der Waals surface area contributed by atoms with E-state index in [0.717, 1.165) is 11.3 Å². The number of halogens is 1. The Morgan fingerprint density at radius 2 is 1.72 bits per heavy atom. The smallest absolute Gasteiger partial charge is 0.279 e. The Morgan fingerprint density at radius 1 is 1.00 bits per heavy atom. The van der Waals surface area contributed by atoms with E-state index in [-0.39, 0.29) is 12.3 Å². The Bertz CT molecular complexity index is 954. The van der Waals surface area contributed by atoms with Gasteiger partial charge in [-0.15, -0.1) is 0 Å². The van der Waals surface area contributed by atoms with Gasteiger partial charge in [0.15, 0.2) is 6.10 Å². The molecular weight excluding hydrogens is 375 g/mol. The number of carbonyl (C=O) groups is 2. The molecule has 0 radical (unpaired) electrons. The molecule has 0 aliphatic heterocycles. The van der Waals surface area contributed by atoms with Crippen LogP contribution in [0.2, 0.25) is 0 Å². The molecule has 0 fully saturated rings. The Kier molecular flexibility index (Phi) is 6.63. The fourth-order valence-electron chi connectivity index (χ4n) is 2.57. The number of amides is 2. The molecule has 3 rings (SSSR count). The average molecular weight is 396 g/mol. The highest BCUT2D eigenvalue weighted by atomic mass is 19.1. The van der Waals surface area contributed by atoms with Crippen molar-refractivity contribution in [2.45, 2.75) is 25.9 Å². The van der Waals surface area contributed by atoms with Crippen molar-refractivity contribution in [3.63, 3.8) is 0 Å². The lowest BCUT2D eigenvalue weighted by Crippen LogP contribution is -2.47. The highest BCUT2D eigenvalue weighted by molar-refractivity contribution is 5.84. The first kappa shape index (κ1) is 20.1. The van der Waals surface area contributed by atoms with Gasteiger partial charge in [0.2, 0.25) is 5.91 Å². The van der Waals surface area contributed by atoms with Crippen LogP contribution in [0, 0.1) is 5.82 Å². The third-order valence-electron chi connectivity index (χ3n) is 4.14. The summed E-state index contributed by atoms with van der Waals surface area (Å²) in [7, 11) is 0. The molecular formula is C22H21FN2O4. The van der Waals surface area contributed by atoms with Crippen LogP contribution in [0.25, 0.3) is 11.3 Å². The predicted octanol–water partition coefficient (Wildman–Crippen LogP) is 3.63. The number of carbonyl (C=O) groups excluding carboxylic acids is 2. The van der Waals surface area contributed by atoms with Crippen molar-refractivity contribution in [1.29, 1.82) is 0 Å². The molecule has 29 heavy (non-hydrogen) atoms.